The van der Waals surface area contributed by atoms with Gasteiger partial charge >= 0.3 is 5.97 Å². The second-order valence-corrected chi connectivity index (χ2v) is 6.18. The predicted molar refractivity (Wildman–Crippen MR) is 60.9 cm³/mol. The fraction of sp³-hybridized carbons (Fsp3) is 0.800. The number of nitriles is 1. The Balaban J connectivity index is 2.15. The smallest absolute Gasteiger partial charge is 0.307 e. The normalized spacial score (nSPS) is 19.5. The van der Waals surface area contributed by atoms with E-state index in [9.17, 15) is 13.2 Å². The summed E-state index contributed by atoms with van der Waals surface area (Å²) in [5, 5.41) is 8.26. The summed E-state index contributed by atoms with van der Waals surface area (Å²) in [6, 6.07) is 1.88. The van der Waals surface area contributed by atoms with Crippen LogP contribution in [-0.2, 0) is 19.4 Å². The molecular formula is C10H16N2O4S. The third-order valence-corrected chi connectivity index (χ3v) is 4.16. The standard InChI is InChI=1S/C10H16N2O4S/c11-3-1-7-16-10(13)2-4-12-5-8-17(14,15)9-6-12/h1-2,4-9H2. The van der Waals surface area contributed by atoms with Crippen LogP contribution in [0.15, 0.2) is 0 Å². The molecule has 1 fully saturated rings. The average Bonchev–Trinajstić information content (AvgIpc) is 2.28. The highest BCUT2D eigenvalue weighted by atomic mass is 32.2. The lowest BCUT2D eigenvalue weighted by Gasteiger charge is -2.25. The molecule has 0 spiro atoms. The highest BCUT2D eigenvalue weighted by Crippen LogP contribution is 2.04. The van der Waals surface area contributed by atoms with Gasteiger partial charge in [-0.2, -0.15) is 5.26 Å². The first-order valence-corrected chi connectivity index (χ1v) is 7.31. The molecule has 0 radical (unpaired) electrons. The molecule has 96 valence electrons. The molecular weight excluding hydrogens is 244 g/mol. The number of esters is 1. The van der Waals surface area contributed by atoms with Gasteiger partial charge in [-0.1, -0.05) is 0 Å². The molecule has 1 aliphatic rings. The highest BCUT2D eigenvalue weighted by molar-refractivity contribution is 7.91. The van der Waals surface area contributed by atoms with E-state index in [1.165, 1.54) is 0 Å². The van der Waals surface area contributed by atoms with Gasteiger partial charge in [-0.05, 0) is 0 Å². The summed E-state index contributed by atoms with van der Waals surface area (Å²) in [6.45, 7) is 1.60. The van der Waals surface area contributed by atoms with Crippen molar-refractivity contribution >= 4 is 15.8 Å². The molecule has 0 aromatic carbocycles. The first-order chi connectivity index (χ1) is 8.03. The largest absolute Gasteiger partial charge is 0.465 e. The Morgan fingerprint density at radius 3 is 2.59 bits per heavy atom. The van der Waals surface area contributed by atoms with Gasteiger partial charge in [-0.3, -0.25) is 4.79 Å². The zero-order chi connectivity index (χ0) is 12.7. The van der Waals surface area contributed by atoms with E-state index in [-0.39, 0.29) is 36.9 Å². The molecule has 0 N–H and O–H groups in total. The number of carbonyl (C=O) groups excluding carboxylic acids is 1. The summed E-state index contributed by atoms with van der Waals surface area (Å²) < 4.78 is 27.1. The Morgan fingerprint density at radius 1 is 1.35 bits per heavy atom. The molecule has 0 aromatic rings. The van der Waals surface area contributed by atoms with Crippen molar-refractivity contribution < 1.29 is 17.9 Å². The molecule has 1 aliphatic heterocycles. The maximum atomic E-state index is 11.2. The van der Waals surface area contributed by atoms with Crippen molar-refractivity contribution in [3.63, 3.8) is 0 Å². The van der Waals surface area contributed by atoms with Crippen LogP contribution in [0.5, 0.6) is 0 Å². The van der Waals surface area contributed by atoms with Crippen molar-refractivity contribution in [3.05, 3.63) is 0 Å². The number of ether oxygens (including phenoxy) is 1. The van der Waals surface area contributed by atoms with Gasteiger partial charge in [0.25, 0.3) is 0 Å². The van der Waals surface area contributed by atoms with E-state index in [4.69, 9.17) is 10.00 Å². The van der Waals surface area contributed by atoms with Crippen LogP contribution < -0.4 is 0 Å². The summed E-state index contributed by atoms with van der Waals surface area (Å²) >= 11 is 0. The summed E-state index contributed by atoms with van der Waals surface area (Å²) in [5.41, 5.74) is 0. The van der Waals surface area contributed by atoms with Crippen molar-refractivity contribution in [1.82, 2.24) is 4.90 Å². The van der Waals surface area contributed by atoms with Gasteiger partial charge in [0.15, 0.2) is 9.84 Å². The van der Waals surface area contributed by atoms with Crippen molar-refractivity contribution in [1.29, 1.82) is 5.26 Å². The van der Waals surface area contributed by atoms with Crippen molar-refractivity contribution in [3.8, 4) is 6.07 Å². The topological polar surface area (TPSA) is 87.5 Å². The molecule has 7 heteroatoms. The first kappa shape index (κ1) is 13.9. The van der Waals surface area contributed by atoms with Gasteiger partial charge in [-0.15, -0.1) is 0 Å². The third kappa shape index (κ3) is 5.65. The van der Waals surface area contributed by atoms with Crippen LogP contribution in [0.3, 0.4) is 0 Å². The van der Waals surface area contributed by atoms with Gasteiger partial charge in [0.05, 0.1) is 30.4 Å². The summed E-state index contributed by atoms with van der Waals surface area (Å²) in [5.74, 6) is -0.0128. The molecule has 0 aliphatic carbocycles. The van der Waals surface area contributed by atoms with Gasteiger partial charge in [0, 0.05) is 19.6 Å². The minimum atomic E-state index is -2.87. The minimum Gasteiger partial charge on any atom is -0.465 e. The van der Waals surface area contributed by atoms with Crippen LogP contribution in [0.4, 0.5) is 0 Å². The molecule has 0 bridgehead atoms. The van der Waals surface area contributed by atoms with E-state index in [2.05, 4.69) is 0 Å². The zero-order valence-corrected chi connectivity index (χ0v) is 10.4. The van der Waals surface area contributed by atoms with E-state index in [1.54, 1.807) is 0 Å². The average molecular weight is 260 g/mol. The molecule has 0 unspecified atom stereocenters. The fourth-order valence-corrected chi connectivity index (χ4v) is 2.78. The highest BCUT2D eigenvalue weighted by Gasteiger charge is 2.21. The Labute approximate surface area is 101 Å². The Morgan fingerprint density at radius 2 is 2.00 bits per heavy atom. The van der Waals surface area contributed by atoms with Gasteiger partial charge < -0.3 is 9.64 Å². The number of nitrogens with zero attached hydrogens (tertiary/aromatic N) is 2. The van der Waals surface area contributed by atoms with Gasteiger partial charge in [0.2, 0.25) is 0 Å². The quantitative estimate of drug-likeness (QED) is 0.492. The molecule has 0 aromatic heterocycles. The van der Waals surface area contributed by atoms with E-state index in [0.717, 1.165) is 0 Å². The predicted octanol–water partition coefficient (Wildman–Crippen LogP) is -0.436. The molecule has 6 nitrogen and oxygen atoms in total. The molecule has 1 heterocycles. The monoisotopic (exact) mass is 260 g/mol. The Hall–Kier alpha value is -1.13. The summed E-state index contributed by atoms with van der Waals surface area (Å²) in [7, 11) is -2.87. The van der Waals surface area contributed by atoms with Crippen LogP contribution in [0, 0.1) is 11.3 Å². The SMILES string of the molecule is N#CCCOC(=O)CCN1CCS(=O)(=O)CC1. The summed E-state index contributed by atoms with van der Waals surface area (Å²) in [4.78, 5) is 13.1. The van der Waals surface area contributed by atoms with Gasteiger partial charge in [0.1, 0.15) is 6.61 Å². The van der Waals surface area contributed by atoms with E-state index in [1.807, 2.05) is 11.0 Å². The molecule has 0 saturated carbocycles. The second kappa shape index (κ2) is 6.57. The Kier molecular flexibility index (Phi) is 5.38. The van der Waals surface area contributed by atoms with E-state index in [0.29, 0.717) is 19.6 Å². The van der Waals surface area contributed by atoms with Crippen LogP contribution in [-0.4, -0.2) is 57.0 Å². The van der Waals surface area contributed by atoms with Crippen LogP contribution in [0.2, 0.25) is 0 Å². The minimum absolute atomic E-state index is 0.129. The molecule has 0 amide bonds. The van der Waals surface area contributed by atoms with Crippen molar-refractivity contribution in [2.24, 2.45) is 0 Å². The van der Waals surface area contributed by atoms with Crippen LogP contribution in [0.25, 0.3) is 0 Å². The third-order valence-electron chi connectivity index (χ3n) is 2.55. The lowest BCUT2D eigenvalue weighted by molar-refractivity contribution is -0.143. The van der Waals surface area contributed by atoms with Crippen LogP contribution >= 0.6 is 0 Å². The number of hydrogen-bond donors (Lipinski definition) is 0. The zero-order valence-electron chi connectivity index (χ0n) is 9.59. The molecule has 17 heavy (non-hydrogen) atoms. The number of rotatable bonds is 5. The molecule has 1 saturated heterocycles. The van der Waals surface area contributed by atoms with E-state index >= 15 is 0 Å². The Bertz CT molecular complexity index is 385. The lowest BCUT2D eigenvalue weighted by Crippen LogP contribution is -2.41. The number of carbonyl (C=O) groups is 1. The lowest BCUT2D eigenvalue weighted by atomic mass is 10.3. The van der Waals surface area contributed by atoms with Crippen molar-refractivity contribution in [2.75, 3.05) is 37.7 Å². The molecule has 1 rings (SSSR count). The number of hydrogen-bond acceptors (Lipinski definition) is 6. The first-order valence-electron chi connectivity index (χ1n) is 5.49. The van der Waals surface area contributed by atoms with Crippen molar-refractivity contribution in [2.45, 2.75) is 12.8 Å². The maximum absolute atomic E-state index is 11.2. The molecule has 0 atom stereocenters. The second-order valence-electron chi connectivity index (χ2n) is 3.87. The number of sulfone groups is 1. The summed E-state index contributed by atoms with van der Waals surface area (Å²) in [6.07, 6.45) is 0.444. The van der Waals surface area contributed by atoms with Gasteiger partial charge in [-0.25, -0.2) is 8.42 Å². The van der Waals surface area contributed by atoms with Crippen LogP contribution in [0.1, 0.15) is 12.8 Å². The fourth-order valence-electron chi connectivity index (χ4n) is 1.51. The maximum Gasteiger partial charge on any atom is 0.307 e. The van der Waals surface area contributed by atoms with E-state index < -0.39 is 9.84 Å².